The van der Waals surface area contributed by atoms with Gasteiger partial charge >= 0.3 is 0 Å². The highest BCUT2D eigenvalue weighted by molar-refractivity contribution is 7.98. The van der Waals surface area contributed by atoms with Crippen LogP contribution in [0.25, 0.3) is 0 Å². The van der Waals surface area contributed by atoms with Crippen LogP contribution in [0.5, 0.6) is 0 Å². The van der Waals surface area contributed by atoms with Crippen molar-refractivity contribution in [2.24, 2.45) is 11.8 Å². The minimum absolute atomic E-state index is 0.388. The van der Waals surface area contributed by atoms with Crippen LogP contribution in [0.2, 0.25) is 0 Å². The average Bonchev–Trinajstić information content (AvgIpc) is 2.67. The maximum Gasteiger partial charge on any atom is 0.0581 e. The monoisotopic (exact) mass is 296 g/mol. The fraction of sp³-hybridized carbons (Fsp3) is 0.733. The second-order valence-electron chi connectivity index (χ2n) is 5.80. The zero-order valence-electron chi connectivity index (χ0n) is 11.5. The summed E-state index contributed by atoms with van der Waals surface area (Å²) in [4.78, 5) is 3.10. The number of nitrogens with one attached hydrogen (secondary N) is 1. The number of thiophene rings is 1. The second-order valence-corrected chi connectivity index (χ2v) is 8.07. The number of hydrogen-bond donors (Lipinski definition) is 2. The lowest BCUT2D eigenvalue weighted by molar-refractivity contribution is 0.333. The third-order valence-electron chi connectivity index (χ3n) is 4.50. The summed E-state index contributed by atoms with van der Waals surface area (Å²) in [6, 6.07) is 2.82. The van der Waals surface area contributed by atoms with Crippen molar-refractivity contribution in [2.45, 2.75) is 56.7 Å². The van der Waals surface area contributed by atoms with Crippen molar-refractivity contribution < 1.29 is 0 Å². The lowest BCUT2D eigenvalue weighted by Crippen LogP contribution is -2.33. The Hall–Kier alpha value is -0.0300. The van der Waals surface area contributed by atoms with E-state index in [1.54, 1.807) is 10.4 Å². The highest BCUT2D eigenvalue weighted by Gasteiger charge is 2.26. The van der Waals surface area contributed by atoms with Crippen LogP contribution in [0, 0.1) is 5.92 Å². The molecule has 1 aliphatic heterocycles. The van der Waals surface area contributed by atoms with Gasteiger partial charge in [-0.3, -0.25) is 11.3 Å². The molecule has 1 atom stereocenters. The normalized spacial score (nSPS) is 22.8. The van der Waals surface area contributed by atoms with E-state index in [0.29, 0.717) is 6.04 Å². The number of rotatable bonds is 3. The van der Waals surface area contributed by atoms with E-state index in [-0.39, 0.29) is 0 Å². The topological polar surface area (TPSA) is 38.0 Å². The molecule has 1 unspecified atom stereocenters. The van der Waals surface area contributed by atoms with Gasteiger partial charge in [0.15, 0.2) is 0 Å². The Morgan fingerprint density at radius 3 is 2.68 bits per heavy atom. The molecule has 19 heavy (non-hydrogen) atoms. The molecular weight excluding hydrogens is 272 g/mol. The minimum atomic E-state index is 0.388. The van der Waals surface area contributed by atoms with Crippen molar-refractivity contribution in [3.63, 3.8) is 0 Å². The van der Waals surface area contributed by atoms with Gasteiger partial charge in [-0.15, -0.1) is 11.3 Å². The smallest absolute Gasteiger partial charge is 0.0581 e. The van der Waals surface area contributed by atoms with E-state index < -0.39 is 0 Å². The minimum Gasteiger partial charge on any atom is -0.271 e. The lowest BCUT2D eigenvalue weighted by Gasteiger charge is -2.24. The number of hydrogen-bond acceptors (Lipinski definition) is 4. The van der Waals surface area contributed by atoms with Crippen molar-refractivity contribution in [2.75, 3.05) is 5.75 Å². The number of fused-ring (bicyclic) bond motifs is 1. The fourth-order valence-electron chi connectivity index (χ4n) is 3.42. The molecule has 2 nitrogen and oxygen atoms in total. The lowest BCUT2D eigenvalue weighted by atomic mass is 9.91. The predicted molar refractivity (Wildman–Crippen MR) is 85.4 cm³/mol. The molecule has 0 bridgehead atoms. The van der Waals surface area contributed by atoms with Crippen molar-refractivity contribution in [3.05, 3.63) is 21.4 Å². The van der Waals surface area contributed by atoms with Crippen molar-refractivity contribution >= 4 is 23.1 Å². The second kappa shape index (κ2) is 6.61. The van der Waals surface area contributed by atoms with E-state index in [9.17, 15) is 0 Å². The SMILES string of the molecule is NNC(c1cc2c(s1)CCSC2)C1CCCCCC1. The van der Waals surface area contributed by atoms with Crippen LogP contribution >= 0.6 is 23.1 Å². The standard InChI is InChI=1S/C15H24N2S2/c16-17-15(11-5-3-1-2-4-6-11)14-9-12-10-18-8-7-13(12)19-14/h9,11,15,17H,1-8,10,16H2. The molecule has 3 N–H and O–H groups in total. The van der Waals surface area contributed by atoms with E-state index in [1.165, 1.54) is 61.3 Å². The summed E-state index contributed by atoms with van der Waals surface area (Å²) in [7, 11) is 0. The van der Waals surface area contributed by atoms with Gasteiger partial charge in [0.05, 0.1) is 6.04 Å². The Labute approximate surface area is 124 Å². The van der Waals surface area contributed by atoms with Crippen LogP contribution in [-0.4, -0.2) is 5.75 Å². The summed E-state index contributed by atoms with van der Waals surface area (Å²) in [6.45, 7) is 0. The van der Waals surface area contributed by atoms with E-state index in [2.05, 4.69) is 23.3 Å². The summed E-state index contributed by atoms with van der Waals surface area (Å²) < 4.78 is 0. The van der Waals surface area contributed by atoms with Crippen LogP contribution in [-0.2, 0) is 12.2 Å². The van der Waals surface area contributed by atoms with Gasteiger partial charge in [-0.05, 0) is 42.6 Å². The van der Waals surface area contributed by atoms with E-state index >= 15 is 0 Å². The largest absolute Gasteiger partial charge is 0.271 e. The molecule has 0 spiro atoms. The number of nitrogens with two attached hydrogens (primary N) is 1. The number of aryl methyl sites for hydroxylation is 1. The number of hydrazine groups is 1. The molecule has 2 aliphatic rings. The molecule has 0 amide bonds. The first-order chi connectivity index (χ1) is 9.38. The van der Waals surface area contributed by atoms with Crippen molar-refractivity contribution in [1.29, 1.82) is 0 Å². The third kappa shape index (κ3) is 3.18. The van der Waals surface area contributed by atoms with Crippen LogP contribution in [0.15, 0.2) is 6.07 Å². The first-order valence-electron chi connectivity index (χ1n) is 7.54. The molecule has 3 rings (SSSR count). The zero-order valence-corrected chi connectivity index (χ0v) is 13.1. The Morgan fingerprint density at radius 1 is 1.21 bits per heavy atom. The average molecular weight is 297 g/mol. The van der Waals surface area contributed by atoms with E-state index in [1.807, 2.05) is 11.3 Å². The molecule has 0 radical (unpaired) electrons. The highest BCUT2D eigenvalue weighted by atomic mass is 32.2. The molecule has 2 heterocycles. The molecular formula is C15H24N2S2. The first kappa shape index (κ1) is 13.9. The fourth-order valence-corrected chi connectivity index (χ4v) is 5.95. The maximum atomic E-state index is 5.90. The van der Waals surface area contributed by atoms with Crippen LogP contribution in [0.3, 0.4) is 0 Å². The molecule has 1 aromatic heterocycles. The quantitative estimate of drug-likeness (QED) is 0.503. The van der Waals surface area contributed by atoms with Crippen LogP contribution in [0.4, 0.5) is 0 Å². The summed E-state index contributed by atoms with van der Waals surface area (Å²) >= 11 is 4.08. The molecule has 0 saturated heterocycles. The Balaban J connectivity index is 1.78. The summed E-state index contributed by atoms with van der Waals surface area (Å²) in [6.07, 6.45) is 9.51. The zero-order chi connectivity index (χ0) is 13.1. The molecule has 1 fully saturated rings. The van der Waals surface area contributed by atoms with Gasteiger partial charge in [-0.25, -0.2) is 0 Å². The number of thioether (sulfide) groups is 1. The summed E-state index contributed by atoms with van der Waals surface area (Å²) in [5, 5.41) is 0. The van der Waals surface area contributed by atoms with Gasteiger partial charge in [-0.1, -0.05) is 25.7 Å². The highest BCUT2D eigenvalue weighted by Crippen LogP contribution is 2.39. The van der Waals surface area contributed by atoms with E-state index in [4.69, 9.17) is 5.84 Å². The Kier molecular flexibility index (Phi) is 4.85. The summed E-state index contributed by atoms with van der Waals surface area (Å²) in [5.41, 5.74) is 4.70. The predicted octanol–water partition coefficient (Wildman–Crippen LogP) is 4.01. The Morgan fingerprint density at radius 2 is 2.00 bits per heavy atom. The van der Waals surface area contributed by atoms with Crippen molar-refractivity contribution in [3.8, 4) is 0 Å². The van der Waals surface area contributed by atoms with Crippen molar-refractivity contribution in [1.82, 2.24) is 5.43 Å². The molecule has 4 heteroatoms. The van der Waals surface area contributed by atoms with Gasteiger partial charge in [0, 0.05) is 15.5 Å². The van der Waals surface area contributed by atoms with Crippen LogP contribution in [0.1, 0.15) is 59.9 Å². The summed E-state index contributed by atoms with van der Waals surface area (Å²) in [5.74, 6) is 9.12. The van der Waals surface area contributed by atoms with Gasteiger partial charge in [0.2, 0.25) is 0 Å². The molecule has 1 aromatic rings. The third-order valence-corrected chi connectivity index (χ3v) is 6.83. The van der Waals surface area contributed by atoms with Gasteiger partial charge in [0.25, 0.3) is 0 Å². The molecule has 1 saturated carbocycles. The molecule has 106 valence electrons. The van der Waals surface area contributed by atoms with Gasteiger partial charge < -0.3 is 0 Å². The molecule has 1 aliphatic carbocycles. The maximum absolute atomic E-state index is 5.90. The van der Waals surface area contributed by atoms with E-state index in [0.717, 1.165) is 5.92 Å². The molecule has 0 aromatic carbocycles. The van der Waals surface area contributed by atoms with Gasteiger partial charge in [-0.2, -0.15) is 11.8 Å². The van der Waals surface area contributed by atoms with Crippen LogP contribution < -0.4 is 11.3 Å². The van der Waals surface area contributed by atoms with Gasteiger partial charge in [0.1, 0.15) is 0 Å². The first-order valence-corrected chi connectivity index (χ1v) is 9.51. The Bertz CT molecular complexity index is 385.